The number of rotatable bonds is 6. The maximum atomic E-state index is 13.4. The number of amides is 3. The number of hydrogen-bond donors (Lipinski definition) is 2. The molecule has 6 aliphatic heterocycles. The zero-order valence-corrected chi connectivity index (χ0v) is 32.6. The van der Waals surface area contributed by atoms with E-state index in [-0.39, 0.29) is 35.8 Å². The Morgan fingerprint density at radius 2 is 1.67 bits per heavy atom. The van der Waals surface area contributed by atoms with Crippen molar-refractivity contribution >= 4 is 29.1 Å². The molecule has 7 aliphatic rings. The fraction of sp³-hybridized carbons (Fsp3) is 0.426. The number of benzene rings is 4. The molecule has 11 heteroatoms. The SMILES string of the molecule is O=C1CC[C@H](N2Cc3cc4c(cc3C2=O)OC[C@@H]2CN(C[C@H]3COC5(C3)CN(c3ccc([C@@H]6c7ccc(O)cc7CC[C@@H]6c6ccccc6)cc3)C5)CCN42)C(=O)N1. The standard InChI is InChI=1S/C47H49N5O6/c53-36-11-13-38-32(18-36)8-12-37(30-4-2-1-3-5-30)44(38)31-6-9-34(10-7-31)50-27-47(28-50)21-29(25-58-47)22-49-16-17-51-35(24-49)26-57-42-20-39-33(19-41(42)51)23-52(46(39)56)40-14-15-43(54)48-45(40)55/h1-7,9-11,13,18-20,29,35,37,40,44,53H,8,12,14-17,21-28H2,(H,48,54,55)/t29-,35-,37+,40-,44-/m0/s1. The Balaban J connectivity index is 0.707. The molecule has 0 aromatic heterocycles. The molecular weight excluding hydrogens is 731 g/mol. The van der Waals surface area contributed by atoms with Crippen LogP contribution in [0.1, 0.15) is 75.7 Å². The van der Waals surface area contributed by atoms with Crippen molar-refractivity contribution in [1.82, 2.24) is 15.1 Å². The Morgan fingerprint density at radius 1 is 0.828 bits per heavy atom. The minimum absolute atomic E-state index is 0.0830. The number of ether oxygens (including phenoxy) is 2. The summed E-state index contributed by atoms with van der Waals surface area (Å²) in [6, 6.07) is 29.5. The molecule has 4 aromatic carbocycles. The third-order valence-electron chi connectivity index (χ3n) is 14.1. The van der Waals surface area contributed by atoms with Crippen molar-refractivity contribution in [2.75, 3.05) is 62.3 Å². The molecule has 4 aromatic rings. The number of fused-ring (bicyclic) bond motifs is 5. The fourth-order valence-electron chi connectivity index (χ4n) is 11.3. The van der Waals surface area contributed by atoms with Crippen LogP contribution in [0.25, 0.3) is 0 Å². The van der Waals surface area contributed by atoms with Crippen LogP contribution in [0.2, 0.25) is 0 Å². The molecule has 4 fully saturated rings. The predicted molar refractivity (Wildman–Crippen MR) is 218 cm³/mol. The second-order valence-electron chi connectivity index (χ2n) is 17.7. The predicted octanol–water partition coefficient (Wildman–Crippen LogP) is 5.19. The number of anilines is 2. The summed E-state index contributed by atoms with van der Waals surface area (Å²) in [5.41, 5.74) is 8.95. The molecule has 11 nitrogen and oxygen atoms in total. The third kappa shape index (κ3) is 6.12. The number of carbonyl (C=O) groups excluding carboxylic acids is 3. The first-order chi connectivity index (χ1) is 28.3. The van der Waals surface area contributed by atoms with Gasteiger partial charge in [0.2, 0.25) is 11.8 Å². The molecule has 2 N–H and O–H groups in total. The first-order valence-corrected chi connectivity index (χ1v) is 21.1. The molecule has 11 rings (SSSR count). The van der Waals surface area contributed by atoms with Crippen molar-refractivity contribution in [3.63, 3.8) is 0 Å². The smallest absolute Gasteiger partial charge is 0.255 e. The van der Waals surface area contributed by atoms with E-state index in [1.165, 1.54) is 27.9 Å². The number of imide groups is 1. The van der Waals surface area contributed by atoms with Gasteiger partial charge in [-0.15, -0.1) is 0 Å². The highest BCUT2D eigenvalue weighted by molar-refractivity contribution is 6.06. The van der Waals surface area contributed by atoms with Crippen LogP contribution in [0.5, 0.6) is 11.5 Å². The van der Waals surface area contributed by atoms with Crippen molar-refractivity contribution in [2.45, 2.75) is 68.2 Å². The van der Waals surface area contributed by atoms with E-state index in [9.17, 15) is 19.5 Å². The fourth-order valence-corrected chi connectivity index (χ4v) is 11.3. The summed E-state index contributed by atoms with van der Waals surface area (Å²) in [6.45, 7) is 7.30. The van der Waals surface area contributed by atoms with E-state index in [0.717, 1.165) is 82.1 Å². The van der Waals surface area contributed by atoms with E-state index in [0.29, 0.717) is 42.7 Å². The molecule has 58 heavy (non-hydrogen) atoms. The molecule has 4 saturated heterocycles. The van der Waals surface area contributed by atoms with E-state index in [1.54, 1.807) is 4.90 Å². The number of aryl methyl sites for hydroxylation is 1. The molecular formula is C47H49N5O6. The van der Waals surface area contributed by atoms with E-state index in [2.05, 4.69) is 86.7 Å². The Morgan fingerprint density at radius 3 is 2.50 bits per heavy atom. The highest BCUT2D eigenvalue weighted by atomic mass is 16.5. The summed E-state index contributed by atoms with van der Waals surface area (Å²) in [6.07, 6.45) is 3.68. The van der Waals surface area contributed by atoms with E-state index in [4.69, 9.17) is 9.47 Å². The van der Waals surface area contributed by atoms with E-state index >= 15 is 0 Å². The molecule has 298 valence electrons. The molecule has 3 amide bonds. The van der Waals surface area contributed by atoms with Gasteiger partial charge in [0.1, 0.15) is 29.7 Å². The third-order valence-corrected chi connectivity index (χ3v) is 14.1. The lowest BCUT2D eigenvalue weighted by atomic mass is 9.69. The summed E-state index contributed by atoms with van der Waals surface area (Å²) in [7, 11) is 0. The van der Waals surface area contributed by atoms with Gasteiger partial charge in [-0.05, 0) is 102 Å². The van der Waals surface area contributed by atoms with Gasteiger partial charge in [0.15, 0.2) is 0 Å². The zero-order valence-electron chi connectivity index (χ0n) is 32.6. The van der Waals surface area contributed by atoms with Gasteiger partial charge in [-0.3, -0.25) is 24.6 Å². The second-order valence-corrected chi connectivity index (χ2v) is 17.7. The van der Waals surface area contributed by atoms with Crippen LogP contribution >= 0.6 is 0 Å². The van der Waals surface area contributed by atoms with Crippen molar-refractivity contribution < 1.29 is 29.0 Å². The van der Waals surface area contributed by atoms with Gasteiger partial charge in [-0.1, -0.05) is 48.5 Å². The minimum Gasteiger partial charge on any atom is -0.508 e. The normalized spacial score (nSPS) is 27.3. The number of hydrogen-bond acceptors (Lipinski definition) is 9. The van der Waals surface area contributed by atoms with Gasteiger partial charge in [-0.25, -0.2) is 0 Å². The van der Waals surface area contributed by atoms with Crippen molar-refractivity contribution in [3.05, 3.63) is 118 Å². The lowest BCUT2D eigenvalue weighted by Gasteiger charge is -2.49. The molecule has 0 unspecified atom stereocenters. The van der Waals surface area contributed by atoms with Crippen LogP contribution in [0.4, 0.5) is 11.4 Å². The van der Waals surface area contributed by atoms with Crippen LogP contribution in [-0.4, -0.2) is 103 Å². The lowest BCUT2D eigenvalue weighted by molar-refractivity contribution is -0.136. The Bertz CT molecular complexity index is 2290. The number of piperazine rings is 1. The average Bonchev–Trinajstić information content (AvgIpc) is 3.79. The number of carbonyl (C=O) groups is 3. The average molecular weight is 780 g/mol. The number of phenols is 1. The number of phenolic OH excluding ortho intramolecular Hbond substituents is 1. The van der Waals surface area contributed by atoms with Gasteiger partial charge >= 0.3 is 0 Å². The Kier molecular flexibility index (Phi) is 8.55. The van der Waals surface area contributed by atoms with Crippen molar-refractivity contribution in [1.29, 1.82) is 0 Å². The van der Waals surface area contributed by atoms with Gasteiger partial charge in [-0.2, -0.15) is 0 Å². The van der Waals surface area contributed by atoms with E-state index < -0.39 is 11.9 Å². The number of nitrogens with zero attached hydrogens (tertiary/aromatic N) is 4. The molecule has 0 radical (unpaired) electrons. The molecule has 6 heterocycles. The van der Waals surface area contributed by atoms with Crippen molar-refractivity contribution in [3.8, 4) is 11.5 Å². The zero-order chi connectivity index (χ0) is 39.1. The highest BCUT2D eigenvalue weighted by Gasteiger charge is 2.50. The van der Waals surface area contributed by atoms with Gasteiger partial charge in [0, 0.05) is 69.4 Å². The number of aromatic hydroxyl groups is 1. The monoisotopic (exact) mass is 779 g/mol. The van der Waals surface area contributed by atoms with Gasteiger partial charge in [0.25, 0.3) is 5.91 Å². The molecule has 1 spiro atoms. The molecule has 0 saturated carbocycles. The summed E-state index contributed by atoms with van der Waals surface area (Å²) in [4.78, 5) is 46.7. The summed E-state index contributed by atoms with van der Waals surface area (Å²) in [5.74, 6) is 1.34. The highest BCUT2D eigenvalue weighted by Crippen LogP contribution is 2.48. The molecule has 0 bridgehead atoms. The topological polar surface area (TPSA) is 115 Å². The second kappa shape index (κ2) is 13.9. The van der Waals surface area contributed by atoms with Gasteiger partial charge in [0.05, 0.1) is 18.3 Å². The summed E-state index contributed by atoms with van der Waals surface area (Å²) < 4.78 is 12.9. The Hall–Kier alpha value is -5.39. The minimum atomic E-state index is -0.628. The van der Waals surface area contributed by atoms with E-state index in [1.807, 2.05) is 18.2 Å². The molecule has 5 atom stereocenters. The quantitative estimate of drug-likeness (QED) is 0.255. The van der Waals surface area contributed by atoms with Crippen LogP contribution < -0.4 is 19.9 Å². The maximum absolute atomic E-state index is 13.4. The largest absolute Gasteiger partial charge is 0.508 e. The van der Waals surface area contributed by atoms with Gasteiger partial charge < -0.3 is 29.3 Å². The Labute approximate surface area is 338 Å². The van der Waals surface area contributed by atoms with Crippen molar-refractivity contribution in [2.24, 2.45) is 5.92 Å². The lowest BCUT2D eigenvalue weighted by Crippen LogP contribution is -2.62. The maximum Gasteiger partial charge on any atom is 0.255 e. The number of piperidine rings is 1. The first-order valence-electron chi connectivity index (χ1n) is 21.1. The van der Waals surface area contributed by atoms with Crippen LogP contribution in [0.15, 0.2) is 84.9 Å². The summed E-state index contributed by atoms with van der Waals surface area (Å²) >= 11 is 0. The van der Waals surface area contributed by atoms with Crippen LogP contribution in [-0.2, 0) is 27.3 Å². The van der Waals surface area contributed by atoms with Crippen LogP contribution in [0.3, 0.4) is 0 Å². The number of nitrogens with one attached hydrogen (secondary N) is 1. The molecule has 1 aliphatic carbocycles. The first kappa shape index (κ1) is 35.7. The summed E-state index contributed by atoms with van der Waals surface area (Å²) in [5, 5.41) is 12.6. The van der Waals surface area contributed by atoms with Crippen LogP contribution in [0, 0.1) is 5.92 Å².